The minimum atomic E-state index is -0.352. The molecule has 0 saturated carbocycles. The third-order valence-electron chi connectivity index (χ3n) is 3.27. The van der Waals surface area contributed by atoms with Crippen molar-refractivity contribution >= 4 is 11.6 Å². The summed E-state index contributed by atoms with van der Waals surface area (Å²) in [5.41, 5.74) is 0.896. The Morgan fingerprint density at radius 1 is 0.826 bits per heavy atom. The molecule has 0 atom stereocenters. The summed E-state index contributed by atoms with van der Waals surface area (Å²) in [6.45, 7) is 0. The number of methoxy groups -OCH3 is 4. The topological polar surface area (TPSA) is 66.0 Å². The lowest BCUT2D eigenvalue weighted by Gasteiger charge is -2.15. The lowest BCUT2D eigenvalue weighted by molar-refractivity contribution is 0.102. The van der Waals surface area contributed by atoms with Crippen LogP contribution >= 0.6 is 0 Å². The molecule has 122 valence electrons. The summed E-state index contributed by atoms with van der Waals surface area (Å²) < 4.78 is 20.9. The van der Waals surface area contributed by atoms with E-state index in [2.05, 4.69) is 5.32 Å². The third kappa shape index (κ3) is 3.66. The van der Waals surface area contributed by atoms with Crippen LogP contribution in [0.2, 0.25) is 0 Å². The van der Waals surface area contributed by atoms with E-state index in [9.17, 15) is 4.79 Å². The Kier molecular flexibility index (Phi) is 5.30. The second-order valence-corrected chi connectivity index (χ2v) is 4.59. The summed E-state index contributed by atoms with van der Waals surface area (Å²) in [5, 5.41) is 2.80. The largest absolute Gasteiger partial charge is 0.497 e. The van der Waals surface area contributed by atoms with Crippen molar-refractivity contribution in [1.29, 1.82) is 0 Å². The molecule has 0 radical (unpaired) electrons. The van der Waals surface area contributed by atoms with Crippen molar-refractivity contribution in [3.8, 4) is 23.0 Å². The van der Waals surface area contributed by atoms with Crippen LogP contribution in [0.1, 0.15) is 10.4 Å². The minimum Gasteiger partial charge on any atom is -0.497 e. The molecule has 0 aliphatic rings. The van der Waals surface area contributed by atoms with Gasteiger partial charge in [-0.05, 0) is 12.1 Å². The van der Waals surface area contributed by atoms with Gasteiger partial charge in [-0.3, -0.25) is 4.79 Å². The molecule has 0 aromatic heterocycles. The van der Waals surface area contributed by atoms with Gasteiger partial charge in [-0.2, -0.15) is 0 Å². The van der Waals surface area contributed by atoms with Crippen LogP contribution in [0.5, 0.6) is 23.0 Å². The van der Waals surface area contributed by atoms with Gasteiger partial charge in [0.2, 0.25) is 0 Å². The van der Waals surface area contributed by atoms with Gasteiger partial charge in [0.25, 0.3) is 5.91 Å². The minimum absolute atomic E-state index is 0.290. The molecule has 23 heavy (non-hydrogen) atoms. The molecule has 0 aliphatic carbocycles. The highest BCUT2D eigenvalue weighted by molar-refractivity contribution is 6.08. The predicted octanol–water partition coefficient (Wildman–Crippen LogP) is 2.97. The SMILES string of the molecule is COc1cccc(NC(=O)c2c(OC)cc(OC)cc2OC)c1. The molecular formula is C17H19NO5. The molecular weight excluding hydrogens is 298 g/mol. The first kappa shape index (κ1) is 16.5. The highest BCUT2D eigenvalue weighted by Gasteiger charge is 2.20. The molecule has 1 amide bonds. The standard InChI is InChI=1S/C17H19NO5/c1-20-12-7-5-6-11(8-12)18-17(19)16-14(22-3)9-13(21-2)10-15(16)23-4/h5-10H,1-4H3,(H,18,19). The molecule has 6 heteroatoms. The van der Waals surface area contributed by atoms with Crippen LogP contribution in [-0.4, -0.2) is 34.3 Å². The fourth-order valence-electron chi connectivity index (χ4n) is 2.12. The molecule has 0 fully saturated rings. The van der Waals surface area contributed by atoms with Crippen LogP contribution in [-0.2, 0) is 0 Å². The number of benzene rings is 2. The van der Waals surface area contributed by atoms with E-state index in [4.69, 9.17) is 18.9 Å². The Hall–Kier alpha value is -2.89. The molecule has 0 unspecified atom stereocenters. The van der Waals surface area contributed by atoms with Crippen LogP contribution in [0.4, 0.5) is 5.69 Å². The first-order valence-electron chi connectivity index (χ1n) is 6.88. The first-order valence-corrected chi connectivity index (χ1v) is 6.88. The number of amides is 1. The maximum absolute atomic E-state index is 12.6. The maximum Gasteiger partial charge on any atom is 0.263 e. The van der Waals surface area contributed by atoms with Crippen molar-refractivity contribution in [2.45, 2.75) is 0 Å². The summed E-state index contributed by atoms with van der Waals surface area (Å²) in [7, 11) is 6.06. The van der Waals surface area contributed by atoms with E-state index in [0.717, 1.165) is 0 Å². The Morgan fingerprint density at radius 3 is 1.96 bits per heavy atom. The second-order valence-electron chi connectivity index (χ2n) is 4.59. The monoisotopic (exact) mass is 317 g/mol. The van der Waals surface area contributed by atoms with Crippen molar-refractivity contribution in [3.63, 3.8) is 0 Å². The Balaban J connectivity index is 2.37. The van der Waals surface area contributed by atoms with Crippen molar-refractivity contribution in [2.75, 3.05) is 33.8 Å². The highest BCUT2D eigenvalue weighted by Crippen LogP contribution is 2.34. The van der Waals surface area contributed by atoms with E-state index in [1.165, 1.54) is 21.3 Å². The van der Waals surface area contributed by atoms with Crippen molar-refractivity contribution < 1.29 is 23.7 Å². The Labute approximate surface area is 134 Å². The van der Waals surface area contributed by atoms with Crippen LogP contribution in [0.15, 0.2) is 36.4 Å². The van der Waals surface area contributed by atoms with Crippen LogP contribution in [0.25, 0.3) is 0 Å². The summed E-state index contributed by atoms with van der Waals surface area (Å²) in [6, 6.07) is 10.3. The fraction of sp³-hybridized carbons (Fsp3) is 0.235. The molecule has 0 bridgehead atoms. The van der Waals surface area contributed by atoms with E-state index < -0.39 is 0 Å². The molecule has 1 N–H and O–H groups in total. The van der Waals surface area contributed by atoms with Gasteiger partial charge in [0.15, 0.2) is 0 Å². The number of anilines is 1. The number of carbonyl (C=O) groups excluding carboxylic acids is 1. The summed E-state index contributed by atoms with van der Waals surface area (Å²) >= 11 is 0. The van der Waals surface area contributed by atoms with Gasteiger partial charge in [0.05, 0.1) is 28.4 Å². The second kappa shape index (κ2) is 7.40. The van der Waals surface area contributed by atoms with E-state index in [0.29, 0.717) is 34.2 Å². The molecule has 2 aromatic carbocycles. The third-order valence-corrected chi connectivity index (χ3v) is 3.27. The zero-order chi connectivity index (χ0) is 16.8. The van der Waals surface area contributed by atoms with Crippen molar-refractivity contribution in [1.82, 2.24) is 0 Å². The molecule has 6 nitrogen and oxygen atoms in total. The van der Waals surface area contributed by atoms with Gasteiger partial charge in [-0.25, -0.2) is 0 Å². The van der Waals surface area contributed by atoms with Gasteiger partial charge in [-0.15, -0.1) is 0 Å². The predicted molar refractivity (Wildman–Crippen MR) is 87.0 cm³/mol. The molecule has 0 heterocycles. The summed E-state index contributed by atoms with van der Waals surface area (Å²) in [6.07, 6.45) is 0. The Bertz CT molecular complexity index is 674. The maximum atomic E-state index is 12.6. The fourth-order valence-corrected chi connectivity index (χ4v) is 2.12. The lowest BCUT2D eigenvalue weighted by Crippen LogP contribution is -2.14. The highest BCUT2D eigenvalue weighted by atomic mass is 16.5. The number of nitrogens with one attached hydrogen (secondary N) is 1. The lowest BCUT2D eigenvalue weighted by atomic mass is 10.1. The van der Waals surface area contributed by atoms with Crippen molar-refractivity contribution in [2.24, 2.45) is 0 Å². The number of carbonyl (C=O) groups is 1. The number of hydrogen-bond acceptors (Lipinski definition) is 5. The average Bonchev–Trinajstić information content (AvgIpc) is 2.60. The smallest absolute Gasteiger partial charge is 0.263 e. The van der Waals surface area contributed by atoms with E-state index in [1.807, 2.05) is 0 Å². The van der Waals surface area contributed by atoms with Crippen LogP contribution < -0.4 is 24.3 Å². The quantitative estimate of drug-likeness (QED) is 0.887. The van der Waals surface area contributed by atoms with Gasteiger partial charge in [0.1, 0.15) is 28.6 Å². The summed E-state index contributed by atoms with van der Waals surface area (Å²) in [5.74, 6) is 1.56. The zero-order valence-electron chi connectivity index (χ0n) is 13.5. The molecule has 0 aliphatic heterocycles. The number of ether oxygens (including phenoxy) is 4. The molecule has 2 aromatic rings. The molecule has 0 saturated heterocycles. The van der Waals surface area contributed by atoms with E-state index in [1.54, 1.807) is 43.5 Å². The van der Waals surface area contributed by atoms with Gasteiger partial charge >= 0.3 is 0 Å². The van der Waals surface area contributed by atoms with E-state index in [-0.39, 0.29) is 5.91 Å². The van der Waals surface area contributed by atoms with Crippen LogP contribution in [0.3, 0.4) is 0 Å². The summed E-state index contributed by atoms with van der Waals surface area (Å²) in [4.78, 5) is 12.6. The first-order chi connectivity index (χ1) is 11.1. The zero-order valence-corrected chi connectivity index (χ0v) is 13.5. The van der Waals surface area contributed by atoms with Gasteiger partial charge < -0.3 is 24.3 Å². The average molecular weight is 317 g/mol. The van der Waals surface area contributed by atoms with Gasteiger partial charge in [0, 0.05) is 23.9 Å². The normalized spacial score (nSPS) is 9.91. The Morgan fingerprint density at radius 2 is 1.43 bits per heavy atom. The van der Waals surface area contributed by atoms with Crippen molar-refractivity contribution in [3.05, 3.63) is 42.0 Å². The van der Waals surface area contributed by atoms with E-state index >= 15 is 0 Å². The number of rotatable bonds is 6. The number of hydrogen-bond donors (Lipinski definition) is 1. The molecule has 0 spiro atoms. The molecule has 2 rings (SSSR count). The van der Waals surface area contributed by atoms with Gasteiger partial charge in [-0.1, -0.05) is 6.07 Å². The van der Waals surface area contributed by atoms with Crippen LogP contribution in [0, 0.1) is 0 Å².